The molecule has 1 heterocycles. The van der Waals surface area contributed by atoms with Crippen molar-refractivity contribution in [1.29, 1.82) is 0 Å². The zero-order valence-corrected chi connectivity index (χ0v) is 15.3. The van der Waals surface area contributed by atoms with E-state index in [0.717, 1.165) is 11.3 Å². The third kappa shape index (κ3) is 4.26. The fourth-order valence-corrected chi connectivity index (χ4v) is 3.12. The molecule has 0 saturated heterocycles. The molecule has 0 radical (unpaired) electrons. The molecule has 0 aromatic heterocycles. The Kier molecular flexibility index (Phi) is 4.91. The summed E-state index contributed by atoms with van der Waals surface area (Å²) in [5.74, 6) is 1.27. The minimum absolute atomic E-state index is 0.108. The molecule has 2 aromatic rings. The summed E-state index contributed by atoms with van der Waals surface area (Å²) < 4.78 is 11.7. The second-order valence-electron chi connectivity index (χ2n) is 6.88. The highest BCUT2D eigenvalue weighted by atomic mass is 35.5. The number of para-hydroxylation sites is 1. The predicted molar refractivity (Wildman–Crippen MR) is 98.2 cm³/mol. The standard InChI is InChI=1S/C20H22ClNO3/c1-13(24-15-10-8-14(21)9-11-15)19(23)22-17-12-20(2,3)25-18-7-5-4-6-16(17)18/h4-11,13,17H,12H2,1-3H3,(H,22,23)/t13-,17+/m0/s1. The molecule has 4 nitrogen and oxygen atoms in total. The van der Waals surface area contributed by atoms with Crippen LogP contribution in [0.25, 0.3) is 0 Å². The number of nitrogens with one attached hydrogen (secondary N) is 1. The van der Waals surface area contributed by atoms with Crippen molar-refractivity contribution in [2.45, 2.75) is 44.9 Å². The summed E-state index contributed by atoms with van der Waals surface area (Å²) in [6.07, 6.45) is 0.0861. The number of carbonyl (C=O) groups is 1. The van der Waals surface area contributed by atoms with Gasteiger partial charge in [-0.15, -0.1) is 0 Å². The summed E-state index contributed by atoms with van der Waals surface area (Å²) in [5.41, 5.74) is 0.654. The van der Waals surface area contributed by atoms with Crippen molar-refractivity contribution in [3.63, 3.8) is 0 Å². The van der Waals surface area contributed by atoms with Gasteiger partial charge in [-0.3, -0.25) is 4.79 Å². The first-order valence-electron chi connectivity index (χ1n) is 8.35. The summed E-state index contributed by atoms with van der Waals surface area (Å²) in [4.78, 5) is 12.6. The van der Waals surface area contributed by atoms with Gasteiger partial charge in [0.15, 0.2) is 6.10 Å². The summed E-state index contributed by atoms with van der Waals surface area (Å²) in [5, 5.41) is 3.72. The molecule has 1 amide bonds. The van der Waals surface area contributed by atoms with Crippen LogP contribution in [0.1, 0.15) is 38.8 Å². The van der Waals surface area contributed by atoms with E-state index in [9.17, 15) is 4.79 Å². The Labute approximate surface area is 153 Å². The lowest BCUT2D eigenvalue weighted by Crippen LogP contribution is -2.44. The van der Waals surface area contributed by atoms with Crippen molar-refractivity contribution in [3.8, 4) is 11.5 Å². The molecule has 25 heavy (non-hydrogen) atoms. The summed E-state index contributed by atoms with van der Waals surface area (Å²) in [6.45, 7) is 5.78. The fraction of sp³-hybridized carbons (Fsp3) is 0.350. The lowest BCUT2D eigenvalue weighted by molar-refractivity contribution is -0.128. The van der Waals surface area contributed by atoms with Crippen LogP contribution >= 0.6 is 11.6 Å². The SMILES string of the molecule is C[C@H](Oc1ccc(Cl)cc1)C(=O)N[C@@H]1CC(C)(C)Oc2ccccc21. The van der Waals surface area contributed by atoms with E-state index in [1.807, 2.05) is 38.1 Å². The molecule has 0 saturated carbocycles. The monoisotopic (exact) mass is 359 g/mol. The Morgan fingerprint density at radius 3 is 2.64 bits per heavy atom. The molecule has 0 aliphatic carbocycles. The Bertz CT molecular complexity index is 758. The number of rotatable bonds is 4. The quantitative estimate of drug-likeness (QED) is 0.872. The average Bonchev–Trinajstić information content (AvgIpc) is 2.56. The van der Waals surface area contributed by atoms with Gasteiger partial charge in [0.25, 0.3) is 5.91 Å². The van der Waals surface area contributed by atoms with Crippen LogP contribution in [0.15, 0.2) is 48.5 Å². The van der Waals surface area contributed by atoms with Gasteiger partial charge in [0.2, 0.25) is 0 Å². The van der Waals surface area contributed by atoms with E-state index < -0.39 is 6.10 Å². The minimum atomic E-state index is -0.612. The Hall–Kier alpha value is -2.20. The molecule has 3 rings (SSSR count). The molecule has 1 aliphatic heterocycles. The molecule has 0 bridgehead atoms. The van der Waals surface area contributed by atoms with Gasteiger partial charge in [-0.25, -0.2) is 0 Å². The molecule has 132 valence electrons. The lowest BCUT2D eigenvalue weighted by Gasteiger charge is -2.38. The summed E-state index contributed by atoms with van der Waals surface area (Å²) in [7, 11) is 0. The van der Waals surface area contributed by atoms with Crippen LogP contribution in [-0.4, -0.2) is 17.6 Å². The van der Waals surface area contributed by atoms with E-state index in [1.165, 1.54) is 0 Å². The molecule has 5 heteroatoms. The second-order valence-corrected chi connectivity index (χ2v) is 7.32. The molecular formula is C20H22ClNO3. The van der Waals surface area contributed by atoms with E-state index in [1.54, 1.807) is 31.2 Å². The topological polar surface area (TPSA) is 47.6 Å². The van der Waals surface area contributed by atoms with Crippen LogP contribution in [0.3, 0.4) is 0 Å². The van der Waals surface area contributed by atoms with Gasteiger partial charge < -0.3 is 14.8 Å². The third-order valence-electron chi connectivity index (χ3n) is 4.19. The zero-order valence-electron chi connectivity index (χ0n) is 14.6. The molecule has 0 fully saturated rings. The number of carbonyl (C=O) groups excluding carboxylic acids is 1. The van der Waals surface area contributed by atoms with Gasteiger partial charge in [-0.2, -0.15) is 0 Å². The Balaban J connectivity index is 1.70. The fourth-order valence-electron chi connectivity index (χ4n) is 2.99. The maximum absolute atomic E-state index is 12.6. The van der Waals surface area contributed by atoms with E-state index >= 15 is 0 Å². The molecule has 1 N–H and O–H groups in total. The van der Waals surface area contributed by atoms with Gasteiger partial charge >= 0.3 is 0 Å². The second kappa shape index (κ2) is 6.96. The highest BCUT2D eigenvalue weighted by molar-refractivity contribution is 6.30. The third-order valence-corrected chi connectivity index (χ3v) is 4.44. The van der Waals surface area contributed by atoms with Crippen molar-refractivity contribution < 1.29 is 14.3 Å². The van der Waals surface area contributed by atoms with Crippen LogP contribution in [0.5, 0.6) is 11.5 Å². The van der Waals surface area contributed by atoms with Crippen LogP contribution in [0.2, 0.25) is 5.02 Å². The van der Waals surface area contributed by atoms with E-state index in [0.29, 0.717) is 17.2 Å². The normalized spacial score (nSPS) is 19.3. The summed E-state index contributed by atoms with van der Waals surface area (Å²) >= 11 is 5.87. The van der Waals surface area contributed by atoms with Crippen LogP contribution in [0.4, 0.5) is 0 Å². The maximum atomic E-state index is 12.6. The first-order chi connectivity index (χ1) is 11.8. The van der Waals surface area contributed by atoms with Crippen molar-refractivity contribution >= 4 is 17.5 Å². The van der Waals surface area contributed by atoms with Crippen molar-refractivity contribution in [2.24, 2.45) is 0 Å². The largest absolute Gasteiger partial charge is 0.487 e. The van der Waals surface area contributed by atoms with Gasteiger partial charge in [0.1, 0.15) is 17.1 Å². The molecule has 0 unspecified atom stereocenters. The molecule has 1 aliphatic rings. The predicted octanol–water partition coefficient (Wildman–Crippen LogP) is 4.53. The highest BCUT2D eigenvalue weighted by Gasteiger charge is 2.35. The van der Waals surface area contributed by atoms with Crippen LogP contribution in [0, 0.1) is 0 Å². The average molecular weight is 360 g/mol. The van der Waals surface area contributed by atoms with Gasteiger partial charge in [0.05, 0.1) is 6.04 Å². The number of hydrogen-bond acceptors (Lipinski definition) is 3. The van der Waals surface area contributed by atoms with E-state index in [4.69, 9.17) is 21.1 Å². The number of ether oxygens (including phenoxy) is 2. The molecule has 0 spiro atoms. The number of hydrogen-bond donors (Lipinski definition) is 1. The summed E-state index contributed by atoms with van der Waals surface area (Å²) in [6, 6.07) is 14.7. The van der Waals surface area contributed by atoms with E-state index in [-0.39, 0.29) is 17.6 Å². The van der Waals surface area contributed by atoms with Gasteiger partial charge in [0, 0.05) is 17.0 Å². The molecular weight excluding hydrogens is 338 g/mol. The van der Waals surface area contributed by atoms with Crippen LogP contribution < -0.4 is 14.8 Å². The number of benzene rings is 2. The maximum Gasteiger partial charge on any atom is 0.261 e. The molecule has 2 atom stereocenters. The van der Waals surface area contributed by atoms with Gasteiger partial charge in [-0.05, 0) is 51.1 Å². The zero-order chi connectivity index (χ0) is 18.0. The Morgan fingerprint density at radius 2 is 1.92 bits per heavy atom. The Morgan fingerprint density at radius 1 is 1.24 bits per heavy atom. The number of amides is 1. The highest BCUT2D eigenvalue weighted by Crippen LogP contribution is 2.39. The lowest BCUT2D eigenvalue weighted by atomic mass is 9.89. The molecule has 2 aromatic carbocycles. The first-order valence-corrected chi connectivity index (χ1v) is 8.72. The van der Waals surface area contributed by atoms with Crippen molar-refractivity contribution in [3.05, 3.63) is 59.1 Å². The number of fused-ring (bicyclic) bond motifs is 1. The van der Waals surface area contributed by atoms with Crippen molar-refractivity contribution in [2.75, 3.05) is 0 Å². The minimum Gasteiger partial charge on any atom is -0.487 e. The van der Waals surface area contributed by atoms with Crippen LogP contribution in [-0.2, 0) is 4.79 Å². The smallest absolute Gasteiger partial charge is 0.261 e. The van der Waals surface area contributed by atoms with Crippen molar-refractivity contribution in [1.82, 2.24) is 5.32 Å². The first kappa shape index (κ1) is 17.6. The number of halogens is 1. The van der Waals surface area contributed by atoms with E-state index in [2.05, 4.69) is 5.32 Å². The van der Waals surface area contributed by atoms with Gasteiger partial charge in [-0.1, -0.05) is 29.8 Å².